The maximum absolute atomic E-state index is 15.1. The number of aromatic nitrogens is 1. The van der Waals surface area contributed by atoms with E-state index in [9.17, 15) is 9.59 Å². The lowest BCUT2D eigenvalue weighted by Gasteiger charge is -2.36. The molecule has 0 spiro atoms. The quantitative estimate of drug-likeness (QED) is 0.334. The first-order valence-electron chi connectivity index (χ1n) is 13.8. The summed E-state index contributed by atoms with van der Waals surface area (Å²) >= 11 is 6.63. The Hall–Kier alpha value is -4.11. The van der Waals surface area contributed by atoms with E-state index in [-0.39, 0.29) is 12.0 Å². The first-order valence-corrected chi connectivity index (χ1v) is 14.2. The van der Waals surface area contributed by atoms with E-state index in [4.69, 9.17) is 21.1 Å². The summed E-state index contributed by atoms with van der Waals surface area (Å²) in [6, 6.07) is 11.9. The number of methoxy groups -OCH3 is 1. The van der Waals surface area contributed by atoms with Gasteiger partial charge in [-0.3, -0.25) is 4.79 Å². The van der Waals surface area contributed by atoms with E-state index in [1.165, 1.54) is 12.1 Å². The van der Waals surface area contributed by atoms with Gasteiger partial charge in [0, 0.05) is 55.6 Å². The van der Waals surface area contributed by atoms with Gasteiger partial charge in [-0.1, -0.05) is 23.7 Å². The minimum atomic E-state index is -0.552. The van der Waals surface area contributed by atoms with Gasteiger partial charge in [0.15, 0.2) is 0 Å². The first-order chi connectivity index (χ1) is 19.9. The second-order valence-electron chi connectivity index (χ2n) is 11.4. The first kappa shape index (κ1) is 29.4. The molecule has 2 aromatic carbocycles. The van der Waals surface area contributed by atoms with Gasteiger partial charge in [0.25, 0.3) is 5.91 Å². The highest BCUT2D eigenvalue weighted by Crippen LogP contribution is 2.42. The maximum Gasteiger partial charge on any atom is 0.410 e. The number of hydrogen-bond donors (Lipinski definition) is 0. The van der Waals surface area contributed by atoms with Crippen LogP contribution < -0.4 is 14.5 Å². The van der Waals surface area contributed by atoms with Crippen LogP contribution in [0.15, 0.2) is 60.3 Å². The van der Waals surface area contributed by atoms with E-state index in [0.717, 1.165) is 11.4 Å². The van der Waals surface area contributed by atoms with Crippen molar-refractivity contribution in [3.8, 4) is 28.0 Å². The number of amides is 2. The number of carbonyl (C=O) groups is 2. The average molecular weight is 593 g/mol. The van der Waals surface area contributed by atoms with Crippen LogP contribution in [0.4, 0.5) is 20.7 Å². The van der Waals surface area contributed by atoms with Crippen LogP contribution in [0.1, 0.15) is 27.7 Å². The van der Waals surface area contributed by atoms with Crippen LogP contribution in [0, 0.1) is 5.82 Å². The number of piperazine rings is 1. The summed E-state index contributed by atoms with van der Waals surface area (Å²) in [6.45, 7) is 9.95. The van der Waals surface area contributed by atoms with Gasteiger partial charge in [-0.05, 0) is 75.2 Å². The van der Waals surface area contributed by atoms with E-state index < -0.39 is 11.4 Å². The predicted molar refractivity (Wildman–Crippen MR) is 163 cm³/mol. The minimum absolute atomic E-state index is 0.0879. The molecular formula is C32H34ClFN4O4. The third-order valence-corrected chi connectivity index (χ3v) is 7.58. The summed E-state index contributed by atoms with van der Waals surface area (Å²) in [4.78, 5) is 34.9. The number of rotatable bonds is 5. The molecule has 2 aliphatic heterocycles. The Balaban J connectivity index is 1.41. The summed E-state index contributed by atoms with van der Waals surface area (Å²) in [6.07, 6.45) is 3.22. The summed E-state index contributed by atoms with van der Waals surface area (Å²) in [5.74, 6) is 0.688. The molecule has 0 aliphatic carbocycles. The summed E-state index contributed by atoms with van der Waals surface area (Å²) < 4.78 is 26.4. The summed E-state index contributed by atoms with van der Waals surface area (Å²) in [5, 5.41) is 0.383. The average Bonchev–Trinajstić information content (AvgIpc) is 3.29. The molecule has 1 saturated heterocycles. The largest absolute Gasteiger partial charge is 0.495 e. The Morgan fingerprint density at radius 3 is 2.24 bits per heavy atom. The van der Waals surface area contributed by atoms with Gasteiger partial charge < -0.3 is 24.2 Å². The molecule has 10 heteroatoms. The monoisotopic (exact) mass is 592 g/mol. The highest BCUT2D eigenvalue weighted by molar-refractivity contribution is 6.34. The van der Waals surface area contributed by atoms with Gasteiger partial charge in [-0.25, -0.2) is 14.2 Å². The van der Waals surface area contributed by atoms with E-state index in [1.54, 1.807) is 42.2 Å². The zero-order valence-corrected chi connectivity index (χ0v) is 25.2. The highest BCUT2D eigenvalue weighted by Gasteiger charge is 2.27. The number of pyridine rings is 1. The van der Waals surface area contributed by atoms with Crippen molar-refractivity contribution in [1.82, 2.24) is 9.88 Å². The number of nitrogens with zero attached hydrogens (tertiary/aromatic N) is 4. The van der Waals surface area contributed by atoms with Crippen molar-refractivity contribution < 1.29 is 23.5 Å². The third-order valence-electron chi connectivity index (χ3n) is 7.28. The Morgan fingerprint density at radius 1 is 1.00 bits per heavy atom. The molecule has 0 saturated carbocycles. The van der Waals surface area contributed by atoms with Gasteiger partial charge in [0.05, 0.1) is 17.8 Å². The lowest BCUT2D eigenvalue weighted by molar-refractivity contribution is -0.114. The Morgan fingerprint density at radius 2 is 1.67 bits per heavy atom. The highest BCUT2D eigenvalue weighted by atomic mass is 35.5. The molecule has 0 unspecified atom stereocenters. The van der Waals surface area contributed by atoms with Crippen LogP contribution in [-0.2, 0) is 9.53 Å². The maximum atomic E-state index is 15.1. The lowest BCUT2D eigenvalue weighted by Crippen LogP contribution is -2.50. The molecule has 1 aromatic heterocycles. The summed E-state index contributed by atoms with van der Waals surface area (Å²) in [5.41, 5.74) is 3.21. The smallest absolute Gasteiger partial charge is 0.410 e. The van der Waals surface area contributed by atoms with E-state index in [0.29, 0.717) is 71.4 Å². The molecule has 3 heterocycles. The molecule has 2 amide bonds. The van der Waals surface area contributed by atoms with E-state index >= 15 is 4.39 Å². The third kappa shape index (κ3) is 6.06. The SMILES string of the molecule is COc1c(-c2ccnc(N3CCN(C(=O)OC(C)(C)C)CC3)c2)cc(F)cc1-c1ccc(N2CC=C(C)C2=O)c(Cl)c1. The van der Waals surface area contributed by atoms with E-state index in [1.807, 2.05) is 45.0 Å². The predicted octanol–water partition coefficient (Wildman–Crippen LogP) is 6.57. The number of halogens is 2. The minimum Gasteiger partial charge on any atom is -0.495 e. The second-order valence-corrected chi connectivity index (χ2v) is 11.8. The molecule has 3 aromatic rings. The molecule has 42 heavy (non-hydrogen) atoms. The lowest BCUT2D eigenvalue weighted by atomic mass is 9.97. The van der Waals surface area contributed by atoms with Crippen LogP contribution in [0.5, 0.6) is 5.75 Å². The van der Waals surface area contributed by atoms with Crippen molar-refractivity contribution in [2.75, 3.05) is 49.6 Å². The fraction of sp³-hybridized carbons (Fsp3) is 0.344. The van der Waals surface area contributed by atoms with E-state index in [2.05, 4.69) is 9.88 Å². The van der Waals surface area contributed by atoms with Gasteiger partial charge in [-0.15, -0.1) is 0 Å². The van der Waals surface area contributed by atoms with Crippen LogP contribution in [0.25, 0.3) is 22.3 Å². The summed E-state index contributed by atoms with van der Waals surface area (Å²) in [7, 11) is 1.55. The van der Waals surface area contributed by atoms with Crippen LogP contribution in [0.3, 0.4) is 0 Å². The molecule has 0 radical (unpaired) electrons. The number of hydrogen-bond acceptors (Lipinski definition) is 6. The molecule has 0 N–H and O–H groups in total. The van der Waals surface area contributed by atoms with Crippen molar-refractivity contribution in [1.29, 1.82) is 0 Å². The number of ether oxygens (including phenoxy) is 2. The zero-order chi connectivity index (χ0) is 30.2. The van der Waals surface area contributed by atoms with Gasteiger partial charge in [0.2, 0.25) is 0 Å². The van der Waals surface area contributed by atoms with Gasteiger partial charge in [0.1, 0.15) is 23.0 Å². The Bertz CT molecular complexity index is 1560. The molecular weight excluding hydrogens is 559 g/mol. The van der Waals surface area contributed by atoms with Crippen LogP contribution >= 0.6 is 11.6 Å². The van der Waals surface area contributed by atoms with Crippen LogP contribution in [0.2, 0.25) is 5.02 Å². The van der Waals surface area contributed by atoms with Gasteiger partial charge in [-0.2, -0.15) is 0 Å². The van der Waals surface area contributed by atoms with Crippen LogP contribution in [-0.4, -0.2) is 67.3 Å². The second kappa shape index (κ2) is 11.6. The number of anilines is 2. The molecule has 220 valence electrons. The Labute approximate surface area is 250 Å². The van der Waals surface area contributed by atoms with Crippen molar-refractivity contribution in [2.45, 2.75) is 33.3 Å². The zero-order valence-electron chi connectivity index (χ0n) is 24.4. The fourth-order valence-electron chi connectivity index (χ4n) is 5.16. The Kier molecular flexibility index (Phi) is 8.14. The number of carbonyl (C=O) groups excluding carboxylic acids is 2. The fourth-order valence-corrected chi connectivity index (χ4v) is 5.44. The standard InChI is InChI=1S/C32H34ClFN4O4/c1-20-9-11-38(30(20)39)27-7-6-21(16-26(27)33)24-18-23(34)19-25(29(24)41-5)22-8-10-35-28(17-22)36-12-14-37(15-13-36)31(40)42-32(2,3)4/h6-10,16-19H,11-15H2,1-5H3. The molecule has 2 aliphatic rings. The van der Waals surface area contributed by atoms with Gasteiger partial charge >= 0.3 is 6.09 Å². The normalized spacial score (nSPS) is 15.6. The van der Waals surface area contributed by atoms with Crippen molar-refractivity contribution in [2.24, 2.45) is 0 Å². The molecule has 5 rings (SSSR count). The van der Waals surface area contributed by atoms with Crippen molar-refractivity contribution in [3.63, 3.8) is 0 Å². The van der Waals surface area contributed by atoms with Crippen molar-refractivity contribution in [3.05, 3.63) is 71.2 Å². The molecule has 8 nitrogen and oxygen atoms in total. The molecule has 0 bridgehead atoms. The molecule has 0 atom stereocenters. The topological polar surface area (TPSA) is 75.2 Å². The molecule has 1 fully saturated rings. The number of benzene rings is 2. The van der Waals surface area contributed by atoms with Crippen molar-refractivity contribution >= 4 is 35.1 Å².